The minimum atomic E-state index is -3.63. The van der Waals surface area contributed by atoms with Crippen LogP contribution in [0.15, 0.2) is 53.4 Å². The van der Waals surface area contributed by atoms with Crippen LogP contribution in [0.1, 0.15) is 25.7 Å². The van der Waals surface area contributed by atoms with E-state index in [1.807, 2.05) is 0 Å². The van der Waals surface area contributed by atoms with Gasteiger partial charge in [-0.25, -0.2) is 8.42 Å². The Morgan fingerprint density at radius 2 is 1.46 bits per heavy atom. The van der Waals surface area contributed by atoms with E-state index in [2.05, 4.69) is 19.0 Å². The molecule has 0 aliphatic heterocycles. The van der Waals surface area contributed by atoms with Gasteiger partial charge in [-0.15, -0.1) is 0 Å². The quantitative estimate of drug-likeness (QED) is 0.492. The number of unbranched alkanes of at least 4 members (excludes halogenated alkanes) is 3. The van der Waals surface area contributed by atoms with Gasteiger partial charge in [0.1, 0.15) is 5.75 Å². The highest BCUT2D eigenvalue weighted by Gasteiger charge is 2.21. The summed E-state index contributed by atoms with van der Waals surface area (Å²) in [4.78, 5) is 2.40. The van der Waals surface area contributed by atoms with Crippen molar-refractivity contribution in [3.05, 3.63) is 53.6 Å². The molecule has 154 valence electrons. The topological polar surface area (TPSA) is 49.9 Å². The first-order valence-corrected chi connectivity index (χ1v) is 11.2. The van der Waals surface area contributed by atoms with E-state index in [4.69, 9.17) is 16.3 Å². The van der Waals surface area contributed by atoms with Gasteiger partial charge >= 0.3 is 0 Å². The van der Waals surface area contributed by atoms with Gasteiger partial charge in [0.05, 0.1) is 17.2 Å². The van der Waals surface area contributed by atoms with Crippen LogP contribution in [0.5, 0.6) is 5.75 Å². The highest BCUT2D eigenvalue weighted by molar-refractivity contribution is 7.92. The predicted molar refractivity (Wildman–Crippen MR) is 116 cm³/mol. The van der Waals surface area contributed by atoms with Gasteiger partial charge in [0.15, 0.2) is 0 Å². The lowest BCUT2D eigenvalue weighted by molar-refractivity contribution is 0.302. The largest absolute Gasteiger partial charge is 0.494 e. The Bertz CT molecular complexity index is 822. The van der Waals surface area contributed by atoms with Crippen molar-refractivity contribution in [1.29, 1.82) is 0 Å². The monoisotopic (exact) mass is 424 g/mol. The summed E-state index contributed by atoms with van der Waals surface area (Å²) in [5.74, 6) is 0.745. The number of benzene rings is 2. The number of rotatable bonds is 11. The van der Waals surface area contributed by atoms with Crippen LogP contribution in [0.4, 0.5) is 5.69 Å². The maximum absolute atomic E-state index is 12.7. The molecule has 0 unspecified atom stereocenters. The van der Waals surface area contributed by atoms with Gasteiger partial charge in [-0.05, 0) is 82.0 Å². The highest BCUT2D eigenvalue weighted by Crippen LogP contribution is 2.25. The minimum absolute atomic E-state index is 0.203. The van der Waals surface area contributed by atoms with E-state index in [9.17, 15) is 8.42 Å². The van der Waals surface area contributed by atoms with Crippen molar-refractivity contribution in [3.8, 4) is 5.75 Å². The molecule has 0 saturated carbocycles. The van der Waals surface area contributed by atoms with Gasteiger partial charge in [-0.3, -0.25) is 4.31 Å². The van der Waals surface area contributed by atoms with Crippen LogP contribution in [0.2, 0.25) is 5.02 Å². The third-order valence-electron chi connectivity index (χ3n) is 4.44. The van der Waals surface area contributed by atoms with Crippen LogP contribution in [-0.4, -0.2) is 47.6 Å². The van der Waals surface area contributed by atoms with E-state index in [1.165, 1.54) is 36.3 Å². The lowest BCUT2D eigenvalue weighted by Crippen LogP contribution is -2.26. The molecule has 0 saturated heterocycles. The molecule has 0 bridgehead atoms. The Hall–Kier alpha value is -1.76. The first-order valence-electron chi connectivity index (χ1n) is 9.43. The van der Waals surface area contributed by atoms with E-state index in [0.717, 1.165) is 25.1 Å². The smallest absolute Gasteiger partial charge is 0.264 e. The Kier molecular flexibility index (Phi) is 8.60. The summed E-state index contributed by atoms with van der Waals surface area (Å²) in [7, 11) is 2.08. The van der Waals surface area contributed by atoms with E-state index < -0.39 is 10.0 Å². The molecular formula is C21H29ClN2O3S. The van der Waals surface area contributed by atoms with Crippen LogP contribution < -0.4 is 9.04 Å². The average molecular weight is 425 g/mol. The van der Waals surface area contributed by atoms with Crippen molar-refractivity contribution in [2.45, 2.75) is 30.6 Å². The molecule has 5 nitrogen and oxygen atoms in total. The number of sulfonamides is 1. The van der Waals surface area contributed by atoms with E-state index in [0.29, 0.717) is 17.3 Å². The zero-order chi connectivity index (χ0) is 20.6. The molecule has 0 spiro atoms. The Morgan fingerprint density at radius 3 is 2.07 bits per heavy atom. The number of ether oxygens (including phenoxy) is 1. The molecule has 0 fully saturated rings. The zero-order valence-electron chi connectivity index (χ0n) is 16.8. The van der Waals surface area contributed by atoms with E-state index >= 15 is 0 Å². The molecular weight excluding hydrogens is 396 g/mol. The molecule has 0 radical (unpaired) electrons. The Morgan fingerprint density at radius 1 is 0.857 bits per heavy atom. The van der Waals surface area contributed by atoms with Crippen LogP contribution in [0.25, 0.3) is 0 Å². The van der Waals surface area contributed by atoms with Crippen molar-refractivity contribution in [1.82, 2.24) is 4.90 Å². The summed E-state index contributed by atoms with van der Waals surface area (Å²) in [6.07, 6.45) is 4.57. The number of hydrogen-bond acceptors (Lipinski definition) is 4. The highest BCUT2D eigenvalue weighted by atomic mass is 35.5. The van der Waals surface area contributed by atoms with Crippen molar-refractivity contribution in [2.75, 3.05) is 38.6 Å². The summed E-state index contributed by atoms with van der Waals surface area (Å²) >= 11 is 5.84. The molecule has 2 rings (SSSR count). The lowest BCUT2D eigenvalue weighted by atomic mass is 10.2. The van der Waals surface area contributed by atoms with Crippen LogP contribution >= 0.6 is 11.6 Å². The summed E-state index contributed by atoms with van der Waals surface area (Å²) in [6.45, 7) is 1.79. The van der Waals surface area contributed by atoms with Gasteiger partial charge in [-0.1, -0.05) is 24.4 Å². The fourth-order valence-electron chi connectivity index (χ4n) is 2.73. The van der Waals surface area contributed by atoms with Gasteiger partial charge < -0.3 is 9.64 Å². The second-order valence-electron chi connectivity index (χ2n) is 6.99. The molecule has 0 heterocycles. The molecule has 28 heavy (non-hydrogen) atoms. The van der Waals surface area contributed by atoms with Crippen molar-refractivity contribution < 1.29 is 13.2 Å². The van der Waals surface area contributed by atoms with Gasteiger partial charge in [0, 0.05) is 12.1 Å². The molecule has 7 heteroatoms. The first-order chi connectivity index (χ1) is 13.3. The number of halogens is 1. The fourth-order valence-corrected chi connectivity index (χ4v) is 4.05. The minimum Gasteiger partial charge on any atom is -0.494 e. The molecule has 0 aliphatic carbocycles. The van der Waals surface area contributed by atoms with Crippen LogP contribution in [0, 0.1) is 0 Å². The third kappa shape index (κ3) is 6.69. The molecule has 0 amide bonds. The summed E-state index contributed by atoms with van der Waals surface area (Å²) in [5.41, 5.74) is 0.575. The van der Waals surface area contributed by atoms with Gasteiger partial charge in [0.2, 0.25) is 0 Å². The van der Waals surface area contributed by atoms with Crippen molar-refractivity contribution in [3.63, 3.8) is 0 Å². The SMILES string of the molecule is CN(C)CCCCCCOc1ccc(N(C)S(=O)(=O)c2ccc(Cl)cc2)cc1. The summed E-state index contributed by atoms with van der Waals surface area (Å²) in [5, 5.41) is 0.501. The van der Waals surface area contributed by atoms with Gasteiger partial charge in [-0.2, -0.15) is 0 Å². The number of nitrogens with zero attached hydrogens (tertiary/aromatic N) is 2. The number of hydrogen-bond donors (Lipinski definition) is 0. The summed E-state index contributed by atoms with van der Waals surface area (Å²) < 4.78 is 32.4. The Labute approximate surface area is 173 Å². The second-order valence-corrected chi connectivity index (χ2v) is 9.39. The summed E-state index contributed by atoms with van der Waals surface area (Å²) in [6, 6.07) is 13.2. The first kappa shape index (κ1) is 22.5. The van der Waals surface area contributed by atoms with Crippen LogP contribution in [0.3, 0.4) is 0 Å². The fraction of sp³-hybridized carbons (Fsp3) is 0.429. The third-order valence-corrected chi connectivity index (χ3v) is 6.49. The van der Waals surface area contributed by atoms with Crippen molar-refractivity contribution in [2.24, 2.45) is 0 Å². The molecule has 0 aromatic heterocycles. The molecule has 0 N–H and O–H groups in total. The molecule has 0 atom stereocenters. The lowest BCUT2D eigenvalue weighted by Gasteiger charge is -2.20. The molecule has 2 aromatic rings. The normalized spacial score (nSPS) is 11.6. The van der Waals surface area contributed by atoms with Crippen LogP contribution in [-0.2, 0) is 10.0 Å². The van der Waals surface area contributed by atoms with E-state index in [1.54, 1.807) is 36.4 Å². The van der Waals surface area contributed by atoms with Gasteiger partial charge in [0.25, 0.3) is 10.0 Å². The Balaban J connectivity index is 1.85. The van der Waals surface area contributed by atoms with Crippen molar-refractivity contribution >= 4 is 27.3 Å². The maximum atomic E-state index is 12.7. The predicted octanol–water partition coefficient (Wildman–Crippen LogP) is 4.67. The standard InChI is InChI=1S/C21H29ClN2O3S/c1-23(2)16-6-4-5-7-17-27-20-12-10-19(11-13-20)24(3)28(25,26)21-14-8-18(22)9-15-21/h8-15H,4-7,16-17H2,1-3H3. The maximum Gasteiger partial charge on any atom is 0.264 e. The zero-order valence-corrected chi connectivity index (χ0v) is 18.3. The number of anilines is 1. The molecule has 2 aromatic carbocycles. The molecule has 0 aliphatic rings. The average Bonchev–Trinajstić information content (AvgIpc) is 2.67. The second kappa shape index (κ2) is 10.7. The van der Waals surface area contributed by atoms with E-state index in [-0.39, 0.29) is 4.90 Å².